The predicted octanol–water partition coefficient (Wildman–Crippen LogP) is 3.95. The molecule has 2 N–H and O–H groups in total. The lowest BCUT2D eigenvalue weighted by Crippen LogP contribution is -2.41. The van der Waals surface area contributed by atoms with Crippen molar-refractivity contribution in [3.8, 4) is 11.5 Å². The van der Waals surface area contributed by atoms with Gasteiger partial charge in [-0.15, -0.1) is 0 Å². The first kappa shape index (κ1) is 22.7. The fourth-order valence-corrected chi connectivity index (χ4v) is 2.99. The van der Waals surface area contributed by atoms with E-state index in [1.54, 1.807) is 50.4 Å². The smallest absolute Gasteiger partial charge is 0.268 e. The Morgan fingerprint density at radius 3 is 2.44 bits per heavy atom. The normalized spacial score (nSPS) is 12.0. The van der Waals surface area contributed by atoms with Gasteiger partial charge in [-0.2, -0.15) is 0 Å². The Balaban J connectivity index is 1.70. The molecule has 0 saturated carbocycles. The molecule has 0 fully saturated rings. The van der Waals surface area contributed by atoms with Crippen LogP contribution in [0.2, 0.25) is 0 Å². The van der Waals surface area contributed by atoms with Gasteiger partial charge in [0, 0.05) is 11.6 Å². The highest BCUT2D eigenvalue weighted by Gasteiger charge is 2.18. The number of methoxy groups -OCH3 is 1. The zero-order chi connectivity index (χ0) is 22.9. The molecule has 0 radical (unpaired) electrons. The van der Waals surface area contributed by atoms with Gasteiger partial charge in [-0.3, -0.25) is 9.59 Å². The van der Waals surface area contributed by atoms with Crippen molar-refractivity contribution in [2.24, 2.45) is 0 Å². The maximum Gasteiger partial charge on any atom is 0.268 e. The van der Waals surface area contributed by atoms with E-state index in [2.05, 4.69) is 10.6 Å². The third-order valence-corrected chi connectivity index (χ3v) is 4.65. The number of amides is 2. The van der Waals surface area contributed by atoms with Crippen LogP contribution in [0.15, 0.2) is 77.0 Å². The standard InChI is InChI=1S/C25H26N2O5/c1-17-9-4-5-11-20(17)24(28)27-21(15-19-10-8-14-31-19)25(29)26-18(2)16-32-23-13-7-6-12-22(23)30-3/h4-15,18H,16H2,1-3H3,(H,26,29)(H,27,28)/b21-15-/t18-/m1/s1. The number of para-hydroxylation sites is 2. The SMILES string of the molecule is COc1ccccc1OC[C@@H](C)NC(=O)/C(=C/c1ccco1)NC(=O)c1ccccc1C. The van der Waals surface area contributed by atoms with Crippen molar-refractivity contribution in [3.63, 3.8) is 0 Å². The largest absolute Gasteiger partial charge is 0.493 e. The van der Waals surface area contributed by atoms with Crippen LogP contribution >= 0.6 is 0 Å². The average Bonchev–Trinajstić information content (AvgIpc) is 3.30. The van der Waals surface area contributed by atoms with Crippen molar-refractivity contribution in [1.82, 2.24) is 10.6 Å². The Bertz CT molecular complexity index is 1090. The van der Waals surface area contributed by atoms with Crippen molar-refractivity contribution in [2.75, 3.05) is 13.7 Å². The Labute approximate surface area is 187 Å². The molecule has 0 spiro atoms. The van der Waals surface area contributed by atoms with Crippen LogP contribution in [-0.2, 0) is 4.79 Å². The number of ether oxygens (including phenoxy) is 2. The molecule has 1 atom stereocenters. The lowest BCUT2D eigenvalue weighted by atomic mass is 10.1. The number of rotatable bonds is 9. The number of aryl methyl sites for hydroxylation is 1. The number of hydrogen-bond acceptors (Lipinski definition) is 5. The Morgan fingerprint density at radius 1 is 1.03 bits per heavy atom. The van der Waals surface area contributed by atoms with Crippen molar-refractivity contribution in [1.29, 1.82) is 0 Å². The molecule has 0 aliphatic rings. The average molecular weight is 434 g/mol. The number of furan rings is 1. The molecule has 0 bridgehead atoms. The molecule has 0 unspecified atom stereocenters. The maximum absolute atomic E-state index is 13.0. The summed E-state index contributed by atoms with van der Waals surface area (Å²) in [5.74, 6) is 0.789. The van der Waals surface area contributed by atoms with E-state index in [0.29, 0.717) is 22.8 Å². The van der Waals surface area contributed by atoms with Gasteiger partial charge in [-0.25, -0.2) is 0 Å². The molecule has 0 aliphatic carbocycles. The fourth-order valence-electron chi connectivity index (χ4n) is 2.99. The van der Waals surface area contributed by atoms with Gasteiger partial charge in [0.25, 0.3) is 11.8 Å². The summed E-state index contributed by atoms with van der Waals surface area (Å²) in [6, 6.07) is 17.5. The molecular formula is C25H26N2O5. The minimum absolute atomic E-state index is 0.0670. The summed E-state index contributed by atoms with van der Waals surface area (Å²) >= 11 is 0. The second-order valence-electron chi connectivity index (χ2n) is 7.18. The molecule has 3 rings (SSSR count). The van der Waals surface area contributed by atoms with E-state index < -0.39 is 5.91 Å². The molecule has 32 heavy (non-hydrogen) atoms. The van der Waals surface area contributed by atoms with Crippen molar-refractivity contribution in [2.45, 2.75) is 19.9 Å². The number of nitrogens with one attached hydrogen (secondary N) is 2. The Morgan fingerprint density at radius 2 is 1.75 bits per heavy atom. The fraction of sp³-hybridized carbons (Fsp3) is 0.200. The molecular weight excluding hydrogens is 408 g/mol. The van der Waals surface area contributed by atoms with Crippen molar-refractivity contribution in [3.05, 3.63) is 89.5 Å². The van der Waals surface area contributed by atoms with E-state index in [4.69, 9.17) is 13.9 Å². The van der Waals surface area contributed by atoms with Crippen LogP contribution in [-0.4, -0.2) is 31.6 Å². The molecule has 2 amide bonds. The summed E-state index contributed by atoms with van der Waals surface area (Å²) in [4.78, 5) is 25.7. The zero-order valence-corrected chi connectivity index (χ0v) is 18.3. The quantitative estimate of drug-likeness (QED) is 0.498. The first-order valence-electron chi connectivity index (χ1n) is 10.2. The van der Waals surface area contributed by atoms with Crippen LogP contribution in [0.5, 0.6) is 11.5 Å². The Hall–Kier alpha value is -4.00. The summed E-state index contributed by atoms with van der Waals surface area (Å²) in [5.41, 5.74) is 1.36. The predicted molar refractivity (Wildman–Crippen MR) is 121 cm³/mol. The second kappa shape index (κ2) is 10.9. The van der Waals surface area contributed by atoms with Gasteiger partial charge in [0.1, 0.15) is 18.1 Å². The first-order chi connectivity index (χ1) is 15.5. The van der Waals surface area contributed by atoms with Crippen molar-refractivity contribution >= 4 is 17.9 Å². The molecule has 1 heterocycles. The first-order valence-corrected chi connectivity index (χ1v) is 10.2. The molecule has 7 heteroatoms. The summed E-state index contributed by atoms with van der Waals surface area (Å²) in [7, 11) is 1.57. The van der Waals surface area contributed by atoms with Crippen LogP contribution in [0, 0.1) is 6.92 Å². The highest BCUT2D eigenvalue weighted by Crippen LogP contribution is 2.25. The minimum atomic E-state index is -0.459. The van der Waals surface area contributed by atoms with Crippen LogP contribution in [0.1, 0.15) is 28.6 Å². The summed E-state index contributed by atoms with van der Waals surface area (Å²) in [5, 5.41) is 5.54. The van der Waals surface area contributed by atoms with E-state index >= 15 is 0 Å². The molecule has 3 aromatic rings. The molecule has 0 aliphatic heterocycles. The van der Waals surface area contributed by atoms with Gasteiger partial charge in [0.15, 0.2) is 11.5 Å². The molecule has 2 aromatic carbocycles. The molecule has 7 nitrogen and oxygen atoms in total. The van der Waals surface area contributed by atoms with E-state index in [1.807, 2.05) is 31.2 Å². The summed E-state index contributed by atoms with van der Waals surface area (Å²) < 4.78 is 16.4. The number of carbonyl (C=O) groups is 2. The monoisotopic (exact) mass is 434 g/mol. The number of benzene rings is 2. The highest BCUT2D eigenvalue weighted by atomic mass is 16.5. The van der Waals surface area contributed by atoms with Gasteiger partial charge in [-0.1, -0.05) is 30.3 Å². The van der Waals surface area contributed by atoms with Gasteiger partial charge in [0.2, 0.25) is 0 Å². The third-order valence-electron chi connectivity index (χ3n) is 4.65. The van der Waals surface area contributed by atoms with E-state index in [1.165, 1.54) is 12.3 Å². The lowest BCUT2D eigenvalue weighted by Gasteiger charge is -2.18. The summed E-state index contributed by atoms with van der Waals surface area (Å²) in [6.45, 7) is 3.86. The van der Waals surface area contributed by atoms with Crippen LogP contribution in [0.4, 0.5) is 0 Å². The molecule has 1 aromatic heterocycles. The van der Waals surface area contributed by atoms with Crippen LogP contribution in [0.25, 0.3) is 6.08 Å². The minimum Gasteiger partial charge on any atom is -0.493 e. The number of carbonyl (C=O) groups excluding carboxylic acids is 2. The van der Waals surface area contributed by atoms with E-state index in [-0.39, 0.29) is 24.3 Å². The van der Waals surface area contributed by atoms with E-state index in [0.717, 1.165) is 5.56 Å². The van der Waals surface area contributed by atoms with Crippen LogP contribution in [0.3, 0.4) is 0 Å². The van der Waals surface area contributed by atoms with Gasteiger partial charge < -0.3 is 24.5 Å². The van der Waals surface area contributed by atoms with Gasteiger partial charge in [-0.05, 0) is 49.7 Å². The third kappa shape index (κ3) is 6.01. The summed E-state index contributed by atoms with van der Waals surface area (Å²) in [6.07, 6.45) is 2.98. The molecule has 166 valence electrons. The maximum atomic E-state index is 13.0. The van der Waals surface area contributed by atoms with Crippen molar-refractivity contribution < 1.29 is 23.5 Å². The van der Waals surface area contributed by atoms with E-state index in [9.17, 15) is 9.59 Å². The lowest BCUT2D eigenvalue weighted by molar-refractivity contribution is -0.118. The van der Waals surface area contributed by atoms with Gasteiger partial charge >= 0.3 is 0 Å². The second-order valence-corrected chi connectivity index (χ2v) is 7.18. The topological polar surface area (TPSA) is 89.8 Å². The van der Waals surface area contributed by atoms with Crippen LogP contribution < -0.4 is 20.1 Å². The number of hydrogen-bond donors (Lipinski definition) is 2. The molecule has 0 saturated heterocycles. The highest BCUT2D eigenvalue weighted by molar-refractivity contribution is 6.05. The van der Waals surface area contributed by atoms with Gasteiger partial charge in [0.05, 0.1) is 19.4 Å². The zero-order valence-electron chi connectivity index (χ0n) is 18.3. The Kier molecular flexibility index (Phi) is 7.70.